The van der Waals surface area contributed by atoms with E-state index in [0.29, 0.717) is 34.0 Å². The predicted molar refractivity (Wildman–Crippen MR) is 75.3 cm³/mol. The highest BCUT2D eigenvalue weighted by atomic mass is 35.5. The first-order valence-corrected chi connectivity index (χ1v) is 6.48. The van der Waals surface area contributed by atoms with Gasteiger partial charge in [0.2, 0.25) is 0 Å². The molecule has 2 rings (SSSR count). The molecule has 2 aromatic rings. The number of nitriles is 1. The van der Waals surface area contributed by atoms with Crippen LogP contribution in [0.5, 0.6) is 0 Å². The molecule has 5 heteroatoms. The maximum atomic E-state index is 10.3. The van der Waals surface area contributed by atoms with Crippen LogP contribution in [0.4, 0.5) is 0 Å². The van der Waals surface area contributed by atoms with Crippen molar-refractivity contribution in [1.82, 2.24) is 4.98 Å². The molecule has 1 aromatic carbocycles. The van der Waals surface area contributed by atoms with Crippen LogP contribution in [0.2, 0.25) is 5.15 Å². The van der Waals surface area contributed by atoms with Crippen molar-refractivity contribution in [2.24, 2.45) is 0 Å². The molecule has 0 aliphatic carbocycles. The third-order valence-corrected chi connectivity index (χ3v) is 3.17. The van der Waals surface area contributed by atoms with Crippen molar-refractivity contribution in [3.05, 3.63) is 63.9 Å². The Kier molecular flexibility index (Phi) is 4.70. The molecule has 0 bridgehead atoms. The van der Waals surface area contributed by atoms with Gasteiger partial charge in [0.25, 0.3) is 0 Å². The van der Waals surface area contributed by atoms with Gasteiger partial charge in [-0.3, -0.25) is 0 Å². The first-order chi connectivity index (χ1) is 9.65. The van der Waals surface area contributed by atoms with Crippen molar-refractivity contribution in [3.8, 4) is 6.07 Å². The van der Waals surface area contributed by atoms with E-state index in [1.807, 2.05) is 0 Å². The zero-order chi connectivity index (χ0) is 14.5. The van der Waals surface area contributed by atoms with Crippen LogP contribution in [-0.4, -0.2) is 21.8 Å². The highest BCUT2D eigenvalue weighted by Gasteiger charge is 2.14. The predicted octanol–water partition coefficient (Wildman–Crippen LogP) is 2.22. The first kappa shape index (κ1) is 14.5. The van der Waals surface area contributed by atoms with Crippen LogP contribution in [0.25, 0.3) is 0 Å². The normalized spacial score (nSPS) is 11.9. The number of aliphatic hydroxyl groups excluding tert-OH is 2. The van der Waals surface area contributed by atoms with Crippen LogP contribution >= 0.6 is 11.6 Å². The zero-order valence-corrected chi connectivity index (χ0v) is 11.4. The molecular formula is C15H13ClN2O2. The van der Waals surface area contributed by atoms with Gasteiger partial charge in [-0.15, -0.1) is 0 Å². The molecule has 4 nitrogen and oxygen atoms in total. The number of hydrogen-bond donors (Lipinski definition) is 2. The molecule has 1 unspecified atom stereocenters. The highest BCUT2D eigenvalue weighted by molar-refractivity contribution is 6.29. The summed E-state index contributed by atoms with van der Waals surface area (Å²) in [5, 5.41) is 28.6. The Bertz CT molecular complexity index is 653. The molecule has 102 valence electrons. The van der Waals surface area contributed by atoms with Crippen LogP contribution in [-0.2, 0) is 6.42 Å². The third-order valence-electron chi connectivity index (χ3n) is 2.96. The van der Waals surface area contributed by atoms with Gasteiger partial charge in [0, 0.05) is 6.61 Å². The van der Waals surface area contributed by atoms with Crippen LogP contribution in [0.3, 0.4) is 0 Å². The Hall–Kier alpha value is -1.93. The number of pyridine rings is 1. The van der Waals surface area contributed by atoms with Gasteiger partial charge in [-0.1, -0.05) is 29.8 Å². The Morgan fingerprint density at radius 2 is 2.10 bits per heavy atom. The molecule has 0 aliphatic heterocycles. The SMILES string of the molecule is N#Cc1ccc(C(O)c2cccc(Cl)n2)cc1CCO. The molecule has 0 saturated carbocycles. The first-order valence-electron chi connectivity index (χ1n) is 6.10. The van der Waals surface area contributed by atoms with E-state index in [1.165, 1.54) is 0 Å². The fourth-order valence-corrected chi connectivity index (χ4v) is 2.14. The Morgan fingerprint density at radius 1 is 1.30 bits per heavy atom. The molecule has 2 N–H and O–H groups in total. The lowest BCUT2D eigenvalue weighted by Crippen LogP contribution is -2.04. The van der Waals surface area contributed by atoms with Crippen molar-refractivity contribution in [2.45, 2.75) is 12.5 Å². The van der Waals surface area contributed by atoms with E-state index in [9.17, 15) is 5.11 Å². The molecule has 0 radical (unpaired) electrons. The molecular weight excluding hydrogens is 276 g/mol. The minimum absolute atomic E-state index is 0.0519. The van der Waals surface area contributed by atoms with Gasteiger partial charge in [-0.2, -0.15) is 5.26 Å². The quantitative estimate of drug-likeness (QED) is 0.846. The van der Waals surface area contributed by atoms with Gasteiger partial charge in [-0.05, 0) is 35.7 Å². The molecule has 1 atom stereocenters. The smallest absolute Gasteiger partial charge is 0.129 e. The molecule has 0 amide bonds. The Morgan fingerprint density at radius 3 is 2.75 bits per heavy atom. The second-order valence-corrected chi connectivity index (χ2v) is 4.68. The average Bonchev–Trinajstić information content (AvgIpc) is 2.47. The van der Waals surface area contributed by atoms with Gasteiger partial charge in [0.15, 0.2) is 0 Å². The largest absolute Gasteiger partial charge is 0.396 e. The summed E-state index contributed by atoms with van der Waals surface area (Å²) in [5.74, 6) is 0. The van der Waals surface area contributed by atoms with Crippen molar-refractivity contribution in [1.29, 1.82) is 5.26 Å². The second kappa shape index (κ2) is 6.49. The Balaban J connectivity index is 2.37. The van der Waals surface area contributed by atoms with Gasteiger partial charge >= 0.3 is 0 Å². The molecule has 1 aromatic heterocycles. The number of nitrogens with zero attached hydrogens (tertiary/aromatic N) is 2. The number of rotatable bonds is 4. The van der Waals surface area contributed by atoms with E-state index in [4.69, 9.17) is 22.0 Å². The fraction of sp³-hybridized carbons (Fsp3) is 0.200. The molecule has 0 spiro atoms. The van der Waals surface area contributed by atoms with Gasteiger partial charge in [0.05, 0.1) is 17.3 Å². The third kappa shape index (κ3) is 3.14. The van der Waals surface area contributed by atoms with Crippen LogP contribution < -0.4 is 0 Å². The van der Waals surface area contributed by atoms with Gasteiger partial charge in [0.1, 0.15) is 11.3 Å². The fourth-order valence-electron chi connectivity index (χ4n) is 1.97. The lowest BCUT2D eigenvalue weighted by atomic mass is 9.98. The van der Waals surface area contributed by atoms with E-state index in [1.54, 1.807) is 36.4 Å². The van der Waals surface area contributed by atoms with Crippen LogP contribution in [0.15, 0.2) is 36.4 Å². The van der Waals surface area contributed by atoms with Crippen LogP contribution in [0.1, 0.15) is 28.5 Å². The van der Waals surface area contributed by atoms with E-state index in [0.717, 1.165) is 0 Å². The monoisotopic (exact) mass is 288 g/mol. The standard InChI is InChI=1S/C15H13ClN2O2/c16-14-3-1-2-13(18-14)15(20)11-4-5-12(9-17)10(8-11)6-7-19/h1-5,8,15,19-20H,6-7H2. The average molecular weight is 289 g/mol. The highest BCUT2D eigenvalue weighted by Crippen LogP contribution is 2.24. The summed E-state index contributed by atoms with van der Waals surface area (Å²) in [5.41, 5.74) is 2.25. The molecule has 1 heterocycles. The minimum Gasteiger partial charge on any atom is -0.396 e. The van der Waals surface area contributed by atoms with Crippen molar-refractivity contribution < 1.29 is 10.2 Å². The number of benzene rings is 1. The summed E-state index contributed by atoms with van der Waals surface area (Å²) in [6.07, 6.45) is -0.550. The van der Waals surface area contributed by atoms with Crippen LogP contribution in [0, 0.1) is 11.3 Å². The summed E-state index contributed by atoms with van der Waals surface area (Å²) in [4.78, 5) is 4.07. The molecule has 20 heavy (non-hydrogen) atoms. The summed E-state index contributed by atoms with van der Waals surface area (Å²) < 4.78 is 0. The maximum absolute atomic E-state index is 10.3. The Labute approximate surface area is 121 Å². The summed E-state index contributed by atoms with van der Waals surface area (Å²) in [7, 11) is 0. The second-order valence-electron chi connectivity index (χ2n) is 4.29. The van der Waals surface area contributed by atoms with E-state index >= 15 is 0 Å². The lowest BCUT2D eigenvalue weighted by Gasteiger charge is -2.13. The van der Waals surface area contributed by atoms with Crippen molar-refractivity contribution in [3.63, 3.8) is 0 Å². The topological polar surface area (TPSA) is 77.1 Å². The van der Waals surface area contributed by atoms with E-state index in [-0.39, 0.29) is 6.61 Å². The molecule has 0 fully saturated rings. The summed E-state index contributed by atoms with van der Waals surface area (Å²) in [6, 6.07) is 12.1. The molecule has 0 saturated heterocycles. The summed E-state index contributed by atoms with van der Waals surface area (Å²) in [6.45, 7) is -0.0519. The number of hydrogen-bond acceptors (Lipinski definition) is 4. The number of aliphatic hydroxyl groups is 2. The van der Waals surface area contributed by atoms with Crippen molar-refractivity contribution >= 4 is 11.6 Å². The zero-order valence-electron chi connectivity index (χ0n) is 10.6. The van der Waals surface area contributed by atoms with Crippen molar-refractivity contribution in [2.75, 3.05) is 6.61 Å². The minimum atomic E-state index is -0.918. The molecule has 0 aliphatic rings. The maximum Gasteiger partial charge on any atom is 0.129 e. The van der Waals surface area contributed by atoms with Gasteiger partial charge in [-0.25, -0.2) is 4.98 Å². The van der Waals surface area contributed by atoms with E-state index in [2.05, 4.69) is 11.1 Å². The van der Waals surface area contributed by atoms with E-state index < -0.39 is 6.10 Å². The lowest BCUT2D eigenvalue weighted by molar-refractivity contribution is 0.215. The van der Waals surface area contributed by atoms with Gasteiger partial charge < -0.3 is 10.2 Å². The number of aromatic nitrogens is 1. The number of halogens is 1. The summed E-state index contributed by atoms with van der Waals surface area (Å²) >= 11 is 5.81.